The lowest BCUT2D eigenvalue weighted by atomic mass is 10.2. The molecule has 0 N–H and O–H groups in total. The summed E-state index contributed by atoms with van der Waals surface area (Å²) in [4.78, 5) is 0. The smallest absolute Gasteiger partial charge is 0.426 e. The first-order chi connectivity index (χ1) is 6.93. The second kappa shape index (κ2) is 4.57. The van der Waals surface area contributed by atoms with Crippen LogP contribution in [0, 0.1) is 0 Å². The number of methoxy groups -OCH3 is 1. The molecule has 15 heavy (non-hydrogen) atoms. The van der Waals surface area contributed by atoms with Crippen molar-refractivity contribution in [2.45, 2.75) is 6.18 Å². The van der Waals surface area contributed by atoms with E-state index in [0.717, 1.165) is 6.08 Å². The van der Waals surface area contributed by atoms with Crippen molar-refractivity contribution in [1.82, 2.24) is 0 Å². The number of alkyl halides is 3. The van der Waals surface area contributed by atoms with E-state index >= 15 is 0 Å². The van der Waals surface area contributed by atoms with Crippen LogP contribution in [0.1, 0.15) is 5.56 Å². The van der Waals surface area contributed by atoms with E-state index in [1.807, 2.05) is 0 Å². The molecule has 1 rings (SSSR count). The molecule has 0 amide bonds. The molecule has 0 heterocycles. The van der Waals surface area contributed by atoms with Crippen molar-refractivity contribution in [2.75, 3.05) is 7.11 Å². The molecule has 0 fully saturated rings. The van der Waals surface area contributed by atoms with Gasteiger partial charge in [0, 0.05) is 0 Å². The van der Waals surface area contributed by atoms with Crippen LogP contribution in [0.4, 0.5) is 13.2 Å². The van der Waals surface area contributed by atoms with Gasteiger partial charge in [0.05, 0.1) is 7.11 Å². The maximum atomic E-state index is 12.1. The summed E-state index contributed by atoms with van der Waals surface area (Å²) in [6.07, 6.45) is -3.64. The maximum absolute atomic E-state index is 12.1. The van der Waals surface area contributed by atoms with E-state index in [2.05, 4.69) is 0 Å². The Morgan fingerprint density at radius 3 is 2.20 bits per heavy atom. The van der Waals surface area contributed by atoms with Crippen molar-refractivity contribution in [3.8, 4) is 5.75 Å². The zero-order valence-electron chi connectivity index (χ0n) is 7.81. The summed E-state index contributed by atoms with van der Waals surface area (Å²) < 4.78 is 41.0. The van der Waals surface area contributed by atoms with Crippen molar-refractivity contribution < 1.29 is 17.9 Å². The van der Waals surface area contributed by atoms with Gasteiger partial charge in [-0.05, 0) is 23.8 Å². The minimum absolute atomic E-state index is 0.373. The third-order valence-corrected chi connectivity index (χ3v) is 2.00. The van der Waals surface area contributed by atoms with Crippen LogP contribution >= 0.6 is 11.6 Å². The first-order valence-corrected chi connectivity index (χ1v) is 4.39. The molecule has 0 atom stereocenters. The summed E-state index contributed by atoms with van der Waals surface area (Å²) >= 11 is 5.07. The predicted octanol–water partition coefficient (Wildman–Crippen LogP) is 3.84. The molecule has 0 saturated heterocycles. The van der Waals surface area contributed by atoms with Gasteiger partial charge in [-0.25, -0.2) is 0 Å². The summed E-state index contributed by atoms with van der Waals surface area (Å²) in [5, 5.41) is -1.15. The summed E-state index contributed by atoms with van der Waals surface area (Å²) in [6, 6.07) is 6.11. The number of benzene rings is 1. The molecule has 5 heteroatoms. The highest BCUT2D eigenvalue weighted by Gasteiger charge is 2.32. The molecular formula is C10H8ClF3O. The van der Waals surface area contributed by atoms with E-state index < -0.39 is 11.2 Å². The monoisotopic (exact) mass is 236 g/mol. The number of hydrogen-bond acceptors (Lipinski definition) is 1. The topological polar surface area (TPSA) is 9.23 Å². The van der Waals surface area contributed by atoms with Crippen molar-refractivity contribution in [3.05, 3.63) is 34.9 Å². The molecule has 0 unspecified atom stereocenters. The molecule has 0 aliphatic heterocycles. The highest BCUT2D eigenvalue weighted by atomic mass is 35.5. The van der Waals surface area contributed by atoms with E-state index in [1.165, 1.54) is 19.2 Å². The third kappa shape index (κ3) is 3.47. The van der Waals surface area contributed by atoms with Gasteiger partial charge < -0.3 is 4.74 Å². The Hall–Kier alpha value is -1.16. The second-order valence-electron chi connectivity index (χ2n) is 2.76. The molecule has 0 bridgehead atoms. The fraction of sp³-hybridized carbons (Fsp3) is 0.200. The van der Waals surface area contributed by atoms with Gasteiger partial charge in [-0.1, -0.05) is 23.7 Å². The van der Waals surface area contributed by atoms with Crippen LogP contribution in [-0.4, -0.2) is 13.3 Å². The van der Waals surface area contributed by atoms with Crippen molar-refractivity contribution >= 4 is 17.7 Å². The molecule has 0 saturated carbocycles. The molecular weight excluding hydrogens is 229 g/mol. The lowest BCUT2D eigenvalue weighted by Gasteiger charge is -2.04. The Morgan fingerprint density at radius 1 is 1.27 bits per heavy atom. The molecule has 0 aliphatic rings. The van der Waals surface area contributed by atoms with Crippen LogP contribution in [-0.2, 0) is 0 Å². The van der Waals surface area contributed by atoms with Crippen molar-refractivity contribution in [1.29, 1.82) is 0 Å². The van der Waals surface area contributed by atoms with E-state index in [9.17, 15) is 13.2 Å². The van der Waals surface area contributed by atoms with Gasteiger partial charge in [0.1, 0.15) is 10.8 Å². The van der Waals surface area contributed by atoms with Gasteiger partial charge in [-0.2, -0.15) is 13.2 Å². The normalized spacial score (nSPS) is 12.7. The third-order valence-electron chi connectivity index (χ3n) is 1.68. The van der Waals surface area contributed by atoms with Gasteiger partial charge in [0.25, 0.3) is 0 Å². The first-order valence-electron chi connectivity index (χ1n) is 4.02. The number of halogens is 4. The average Bonchev–Trinajstić information content (AvgIpc) is 2.17. The number of hydrogen-bond donors (Lipinski definition) is 0. The number of rotatable bonds is 2. The standard InChI is InChI=1S/C10H8ClF3O/c1-15-8-4-2-7(3-5-8)6-9(11)10(12,13)14/h2-6H,1H3. The molecule has 0 spiro atoms. The first kappa shape index (κ1) is 11.9. The summed E-state index contributed by atoms with van der Waals surface area (Å²) in [5.41, 5.74) is 0.373. The van der Waals surface area contributed by atoms with E-state index in [1.54, 1.807) is 12.1 Å². The highest BCUT2D eigenvalue weighted by molar-refractivity contribution is 6.32. The lowest BCUT2D eigenvalue weighted by molar-refractivity contribution is -0.0836. The van der Waals surface area contributed by atoms with Crippen LogP contribution in [0.5, 0.6) is 5.75 Å². The fourth-order valence-electron chi connectivity index (χ4n) is 0.928. The zero-order valence-corrected chi connectivity index (χ0v) is 8.56. The largest absolute Gasteiger partial charge is 0.497 e. The maximum Gasteiger partial charge on any atom is 0.426 e. The molecule has 1 nitrogen and oxygen atoms in total. The van der Waals surface area contributed by atoms with E-state index in [4.69, 9.17) is 16.3 Å². The molecule has 1 aromatic carbocycles. The Morgan fingerprint density at radius 2 is 1.80 bits per heavy atom. The number of ether oxygens (including phenoxy) is 1. The van der Waals surface area contributed by atoms with Gasteiger partial charge in [0.15, 0.2) is 0 Å². The van der Waals surface area contributed by atoms with Gasteiger partial charge in [-0.3, -0.25) is 0 Å². The Kier molecular flexibility index (Phi) is 3.63. The predicted molar refractivity (Wildman–Crippen MR) is 52.9 cm³/mol. The van der Waals surface area contributed by atoms with Crippen LogP contribution < -0.4 is 4.74 Å². The number of allylic oxidation sites excluding steroid dienone is 1. The van der Waals surface area contributed by atoms with Crippen LogP contribution in [0.3, 0.4) is 0 Å². The molecule has 82 valence electrons. The summed E-state index contributed by atoms with van der Waals surface area (Å²) in [6.45, 7) is 0. The quantitative estimate of drug-likeness (QED) is 0.758. The fourth-order valence-corrected chi connectivity index (χ4v) is 1.05. The van der Waals surface area contributed by atoms with Gasteiger partial charge in [-0.15, -0.1) is 0 Å². The van der Waals surface area contributed by atoms with Crippen LogP contribution in [0.15, 0.2) is 29.3 Å². The zero-order chi connectivity index (χ0) is 11.5. The minimum Gasteiger partial charge on any atom is -0.497 e. The SMILES string of the molecule is COc1ccc(C=C(Cl)C(F)(F)F)cc1. The van der Waals surface area contributed by atoms with Crippen LogP contribution in [0.2, 0.25) is 0 Å². The van der Waals surface area contributed by atoms with Crippen LogP contribution in [0.25, 0.3) is 6.08 Å². The van der Waals surface area contributed by atoms with Crippen molar-refractivity contribution in [3.63, 3.8) is 0 Å². The molecule has 1 aromatic rings. The van der Waals surface area contributed by atoms with E-state index in [0.29, 0.717) is 11.3 Å². The molecule has 0 aromatic heterocycles. The second-order valence-corrected chi connectivity index (χ2v) is 3.17. The summed E-state index contributed by atoms with van der Waals surface area (Å²) in [7, 11) is 1.48. The Labute approximate surface area is 90.1 Å². The average molecular weight is 237 g/mol. The lowest BCUT2D eigenvalue weighted by Crippen LogP contribution is -2.06. The summed E-state index contributed by atoms with van der Waals surface area (Å²) in [5.74, 6) is 0.579. The molecule has 0 radical (unpaired) electrons. The van der Waals surface area contributed by atoms with Gasteiger partial charge in [0.2, 0.25) is 0 Å². The minimum atomic E-state index is -4.50. The highest BCUT2D eigenvalue weighted by Crippen LogP contribution is 2.30. The van der Waals surface area contributed by atoms with Gasteiger partial charge >= 0.3 is 6.18 Å². The van der Waals surface area contributed by atoms with E-state index in [-0.39, 0.29) is 0 Å². The Balaban J connectivity index is 2.89. The Bertz CT molecular complexity index is 354. The van der Waals surface area contributed by atoms with Crippen molar-refractivity contribution in [2.24, 2.45) is 0 Å². The molecule has 0 aliphatic carbocycles.